The van der Waals surface area contributed by atoms with Crippen molar-refractivity contribution in [2.45, 2.75) is 24.7 Å². The predicted molar refractivity (Wildman–Crippen MR) is 86.8 cm³/mol. The van der Waals surface area contributed by atoms with Gasteiger partial charge in [-0.15, -0.1) is 0 Å². The quantitative estimate of drug-likeness (QED) is 0.759. The molecule has 0 aliphatic heterocycles. The van der Waals surface area contributed by atoms with E-state index in [4.69, 9.17) is 0 Å². The third-order valence-electron chi connectivity index (χ3n) is 4.60. The largest absolute Gasteiger partial charge is 1.00 e. The molecule has 1 heteroatoms. The van der Waals surface area contributed by atoms with E-state index < -0.39 is 0 Å². The van der Waals surface area contributed by atoms with E-state index in [2.05, 4.69) is 72.8 Å². The van der Waals surface area contributed by atoms with Crippen molar-refractivity contribution in [3.05, 3.63) is 82.9 Å². The fourth-order valence-electron chi connectivity index (χ4n) is 3.51. The van der Waals surface area contributed by atoms with Crippen LogP contribution < -0.4 is 29.6 Å². The van der Waals surface area contributed by atoms with Crippen molar-refractivity contribution in [1.82, 2.24) is 0 Å². The second kappa shape index (κ2) is 6.36. The summed E-state index contributed by atoms with van der Waals surface area (Å²) in [5.74, 6) is 1.21. The summed E-state index contributed by atoms with van der Waals surface area (Å²) < 4.78 is 0. The van der Waals surface area contributed by atoms with Gasteiger partial charge in [0.15, 0.2) is 0 Å². The Hall–Kier alpha value is -1.08. The van der Waals surface area contributed by atoms with Crippen LogP contribution in [0, 0.1) is 0 Å². The fraction of sp³-hybridized carbons (Fsp3) is 0.200. The van der Waals surface area contributed by atoms with E-state index in [1.54, 1.807) is 0 Å². The molecule has 0 heterocycles. The topological polar surface area (TPSA) is 0 Å². The molecule has 0 N–H and O–H groups in total. The summed E-state index contributed by atoms with van der Waals surface area (Å²) in [7, 11) is 0. The molecule has 2 aliphatic rings. The zero-order valence-electron chi connectivity index (χ0n) is 13.5. The Balaban J connectivity index is 0.000000882. The zero-order valence-corrected chi connectivity index (χ0v) is 14.5. The minimum atomic E-state index is 0. The number of fused-ring (bicyclic) bond motifs is 2. The van der Waals surface area contributed by atoms with E-state index in [-0.39, 0.29) is 31.0 Å². The average molecular weight is 282 g/mol. The number of rotatable bonds is 3. The van der Waals surface area contributed by atoms with Gasteiger partial charge in [0.05, 0.1) is 0 Å². The Bertz CT molecular complexity index is 641. The van der Waals surface area contributed by atoms with Crippen LogP contribution >= 0.6 is 0 Å². The van der Waals surface area contributed by atoms with Crippen molar-refractivity contribution in [1.29, 1.82) is 0 Å². The Morgan fingerprint density at radius 1 is 0.667 bits per heavy atom. The first-order valence-corrected chi connectivity index (χ1v) is 7.46. The smallest absolute Gasteiger partial charge is 1.00 e. The molecule has 2 aromatic carbocycles. The standard InChI is InChI=1S/C20H18.Na.H/c1-3-7-19-15(5-1)9-11-17(19)13-14-18-12-10-16-6-2-4-8-20(16)18;;/h1-12,17-18H,13-14H2;;/q;+1;-1. The molecule has 100 valence electrons. The van der Waals surface area contributed by atoms with Crippen LogP contribution in [0.2, 0.25) is 0 Å². The Labute approximate surface area is 150 Å². The molecular formula is C20H19Na. The maximum atomic E-state index is 2.37. The van der Waals surface area contributed by atoms with Crippen LogP contribution in [0.3, 0.4) is 0 Å². The molecule has 2 aliphatic carbocycles. The molecule has 2 atom stereocenters. The summed E-state index contributed by atoms with van der Waals surface area (Å²) in [5.41, 5.74) is 5.81. The van der Waals surface area contributed by atoms with Gasteiger partial charge in [0.1, 0.15) is 0 Å². The summed E-state index contributed by atoms with van der Waals surface area (Å²) in [6, 6.07) is 17.6. The zero-order chi connectivity index (χ0) is 13.4. The van der Waals surface area contributed by atoms with Gasteiger partial charge in [-0.25, -0.2) is 0 Å². The van der Waals surface area contributed by atoms with Crippen molar-refractivity contribution in [2.75, 3.05) is 0 Å². The third-order valence-corrected chi connectivity index (χ3v) is 4.60. The number of benzene rings is 2. The maximum absolute atomic E-state index is 2.37. The Kier molecular flexibility index (Phi) is 4.49. The molecule has 21 heavy (non-hydrogen) atoms. The molecule has 0 saturated heterocycles. The third kappa shape index (κ3) is 2.81. The molecule has 0 fully saturated rings. The molecule has 4 rings (SSSR count). The van der Waals surface area contributed by atoms with Crippen LogP contribution in [-0.4, -0.2) is 0 Å². The first-order valence-electron chi connectivity index (χ1n) is 7.46. The van der Waals surface area contributed by atoms with E-state index in [1.165, 1.54) is 35.1 Å². The second-order valence-electron chi connectivity index (χ2n) is 5.77. The van der Waals surface area contributed by atoms with Crippen molar-refractivity contribution < 1.29 is 31.0 Å². The number of allylic oxidation sites excluding steroid dienone is 2. The van der Waals surface area contributed by atoms with Crippen LogP contribution in [0.5, 0.6) is 0 Å². The van der Waals surface area contributed by atoms with Gasteiger partial charge in [0.2, 0.25) is 0 Å². The first kappa shape index (κ1) is 14.8. The van der Waals surface area contributed by atoms with Crippen LogP contribution in [-0.2, 0) is 0 Å². The van der Waals surface area contributed by atoms with E-state index >= 15 is 0 Å². The monoisotopic (exact) mass is 282 g/mol. The molecule has 0 saturated carbocycles. The van der Waals surface area contributed by atoms with Crippen molar-refractivity contribution in [3.8, 4) is 0 Å². The van der Waals surface area contributed by atoms with E-state index in [9.17, 15) is 0 Å². The van der Waals surface area contributed by atoms with E-state index in [0.717, 1.165) is 0 Å². The Morgan fingerprint density at radius 3 is 1.57 bits per heavy atom. The summed E-state index contributed by atoms with van der Waals surface area (Å²) in [6.45, 7) is 0. The van der Waals surface area contributed by atoms with Gasteiger partial charge in [-0.3, -0.25) is 0 Å². The number of hydrogen-bond acceptors (Lipinski definition) is 0. The molecule has 0 aromatic heterocycles. The van der Waals surface area contributed by atoms with E-state index in [0.29, 0.717) is 11.8 Å². The van der Waals surface area contributed by atoms with Gasteiger partial charge in [-0.2, -0.15) is 0 Å². The normalized spacial score (nSPS) is 21.0. The maximum Gasteiger partial charge on any atom is 1.00 e. The molecule has 2 unspecified atom stereocenters. The van der Waals surface area contributed by atoms with Crippen LogP contribution in [0.4, 0.5) is 0 Å². The van der Waals surface area contributed by atoms with Crippen molar-refractivity contribution >= 4 is 12.2 Å². The first-order chi connectivity index (χ1) is 9.92. The molecular weight excluding hydrogens is 263 g/mol. The second-order valence-corrected chi connectivity index (χ2v) is 5.77. The summed E-state index contributed by atoms with van der Waals surface area (Å²) >= 11 is 0. The summed E-state index contributed by atoms with van der Waals surface area (Å²) in [4.78, 5) is 0. The van der Waals surface area contributed by atoms with Gasteiger partial charge in [0.25, 0.3) is 0 Å². The average Bonchev–Trinajstić information content (AvgIpc) is 3.09. The molecule has 0 radical (unpaired) electrons. The van der Waals surface area contributed by atoms with Gasteiger partial charge in [-0.1, -0.05) is 72.8 Å². The predicted octanol–water partition coefficient (Wildman–Crippen LogP) is 2.50. The van der Waals surface area contributed by atoms with Gasteiger partial charge >= 0.3 is 29.6 Å². The van der Waals surface area contributed by atoms with Crippen molar-refractivity contribution in [3.63, 3.8) is 0 Å². The minimum Gasteiger partial charge on any atom is -1.00 e. The molecule has 0 bridgehead atoms. The fourth-order valence-corrected chi connectivity index (χ4v) is 3.51. The van der Waals surface area contributed by atoms with E-state index in [1.807, 2.05) is 0 Å². The van der Waals surface area contributed by atoms with Gasteiger partial charge in [-0.05, 0) is 35.1 Å². The SMILES string of the molecule is C1=CC(CCC2C=Cc3ccccc32)c2ccccc21.[H-].[Na+]. The van der Waals surface area contributed by atoms with Crippen LogP contribution in [0.1, 0.15) is 48.4 Å². The number of hydrogen-bond donors (Lipinski definition) is 0. The Morgan fingerprint density at radius 2 is 1.10 bits per heavy atom. The summed E-state index contributed by atoms with van der Waals surface area (Å²) in [6.07, 6.45) is 11.8. The summed E-state index contributed by atoms with van der Waals surface area (Å²) in [5, 5.41) is 0. The molecule has 0 amide bonds. The van der Waals surface area contributed by atoms with Crippen molar-refractivity contribution in [2.24, 2.45) is 0 Å². The minimum absolute atomic E-state index is 0. The van der Waals surface area contributed by atoms with Crippen LogP contribution in [0.25, 0.3) is 12.2 Å². The molecule has 0 nitrogen and oxygen atoms in total. The molecule has 0 spiro atoms. The van der Waals surface area contributed by atoms with Crippen LogP contribution in [0.15, 0.2) is 60.7 Å². The molecule has 2 aromatic rings. The van der Waals surface area contributed by atoms with Gasteiger partial charge in [0, 0.05) is 11.8 Å². The van der Waals surface area contributed by atoms with Gasteiger partial charge < -0.3 is 1.43 Å².